The SMILES string of the molecule is CC(C)N(CCCO)c1nnc(N)o1. The van der Waals surface area contributed by atoms with E-state index in [4.69, 9.17) is 15.3 Å². The van der Waals surface area contributed by atoms with Gasteiger partial charge in [-0.15, -0.1) is 0 Å². The average molecular weight is 200 g/mol. The number of anilines is 2. The minimum Gasteiger partial charge on any atom is -0.396 e. The number of rotatable bonds is 5. The molecule has 3 N–H and O–H groups in total. The second kappa shape index (κ2) is 4.80. The van der Waals surface area contributed by atoms with Gasteiger partial charge in [-0.3, -0.25) is 0 Å². The van der Waals surface area contributed by atoms with Gasteiger partial charge in [0, 0.05) is 19.2 Å². The van der Waals surface area contributed by atoms with Crippen LogP contribution in [0.25, 0.3) is 0 Å². The number of aliphatic hydroxyl groups excluding tert-OH is 1. The van der Waals surface area contributed by atoms with E-state index in [9.17, 15) is 0 Å². The second-order valence-electron chi connectivity index (χ2n) is 3.29. The van der Waals surface area contributed by atoms with E-state index in [2.05, 4.69) is 10.2 Å². The average Bonchev–Trinajstić information content (AvgIpc) is 2.52. The maximum atomic E-state index is 8.73. The Balaban J connectivity index is 2.67. The lowest BCUT2D eigenvalue weighted by Crippen LogP contribution is -2.32. The molecule has 1 aromatic rings. The van der Waals surface area contributed by atoms with Crippen molar-refractivity contribution in [2.24, 2.45) is 0 Å². The van der Waals surface area contributed by atoms with Gasteiger partial charge in [-0.25, -0.2) is 0 Å². The van der Waals surface area contributed by atoms with Crippen molar-refractivity contribution < 1.29 is 9.52 Å². The molecule has 0 aliphatic rings. The molecule has 0 aliphatic heterocycles. The summed E-state index contributed by atoms with van der Waals surface area (Å²) in [7, 11) is 0. The molecule has 0 aliphatic carbocycles. The molecule has 0 saturated heterocycles. The molecule has 0 unspecified atom stereocenters. The highest BCUT2D eigenvalue weighted by Crippen LogP contribution is 2.16. The molecule has 6 heteroatoms. The Morgan fingerprint density at radius 3 is 2.64 bits per heavy atom. The Hall–Kier alpha value is -1.30. The third-order valence-corrected chi connectivity index (χ3v) is 1.86. The summed E-state index contributed by atoms with van der Waals surface area (Å²) < 4.78 is 5.10. The molecule has 0 aromatic carbocycles. The highest BCUT2D eigenvalue weighted by molar-refractivity contribution is 5.28. The van der Waals surface area contributed by atoms with Crippen LogP contribution in [-0.2, 0) is 0 Å². The van der Waals surface area contributed by atoms with E-state index in [0.717, 1.165) is 0 Å². The number of nitrogens with two attached hydrogens (primary N) is 1. The van der Waals surface area contributed by atoms with Gasteiger partial charge >= 0.3 is 12.0 Å². The predicted molar refractivity (Wildman–Crippen MR) is 52.9 cm³/mol. The molecular formula is C8H16N4O2. The third-order valence-electron chi connectivity index (χ3n) is 1.86. The summed E-state index contributed by atoms with van der Waals surface area (Å²) in [5.41, 5.74) is 5.33. The number of aliphatic hydroxyl groups is 1. The summed E-state index contributed by atoms with van der Waals surface area (Å²) in [6.45, 7) is 4.85. The molecule has 0 amide bonds. The van der Waals surface area contributed by atoms with Gasteiger partial charge < -0.3 is 20.2 Å². The molecule has 0 radical (unpaired) electrons. The Labute approximate surface area is 82.7 Å². The monoisotopic (exact) mass is 200 g/mol. The van der Waals surface area contributed by atoms with Gasteiger partial charge in [0.2, 0.25) is 0 Å². The van der Waals surface area contributed by atoms with Crippen LogP contribution in [0.4, 0.5) is 12.0 Å². The minimum atomic E-state index is 0.0645. The first-order valence-corrected chi connectivity index (χ1v) is 4.61. The number of aromatic nitrogens is 2. The normalized spacial score (nSPS) is 10.9. The smallest absolute Gasteiger partial charge is 0.319 e. The van der Waals surface area contributed by atoms with Crippen molar-refractivity contribution >= 4 is 12.0 Å². The molecule has 1 aromatic heterocycles. The van der Waals surface area contributed by atoms with E-state index in [1.165, 1.54) is 0 Å². The fourth-order valence-corrected chi connectivity index (χ4v) is 1.16. The van der Waals surface area contributed by atoms with Crippen LogP contribution < -0.4 is 10.6 Å². The zero-order valence-corrected chi connectivity index (χ0v) is 8.47. The van der Waals surface area contributed by atoms with Gasteiger partial charge in [0.05, 0.1) is 0 Å². The largest absolute Gasteiger partial charge is 0.396 e. The Kier molecular flexibility index (Phi) is 3.70. The molecule has 1 rings (SSSR count). The van der Waals surface area contributed by atoms with Crippen LogP contribution in [0.1, 0.15) is 20.3 Å². The maximum Gasteiger partial charge on any atom is 0.319 e. The number of nitrogens with zero attached hydrogens (tertiary/aromatic N) is 3. The Bertz CT molecular complexity index is 274. The van der Waals surface area contributed by atoms with E-state index in [-0.39, 0.29) is 18.7 Å². The first-order valence-electron chi connectivity index (χ1n) is 4.61. The fraction of sp³-hybridized carbons (Fsp3) is 0.750. The second-order valence-corrected chi connectivity index (χ2v) is 3.29. The summed E-state index contributed by atoms with van der Waals surface area (Å²) in [4.78, 5) is 1.90. The van der Waals surface area contributed by atoms with Crippen molar-refractivity contribution in [2.45, 2.75) is 26.3 Å². The molecule has 1 heterocycles. The van der Waals surface area contributed by atoms with E-state index in [1.807, 2.05) is 18.7 Å². The molecule has 14 heavy (non-hydrogen) atoms. The van der Waals surface area contributed by atoms with Gasteiger partial charge in [0.25, 0.3) is 0 Å². The van der Waals surface area contributed by atoms with Crippen LogP contribution in [0.15, 0.2) is 4.42 Å². The van der Waals surface area contributed by atoms with Gasteiger partial charge in [-0.1, -0.05) is 10.2 Å². The van der Waals surface area contributed by atoms with Crippen molar-refractivity contribution in [3.63, 3.8) is 0 Å². The minimum absolute atomic E-state index is 0.0645. The molecule has 0 fully saturated rings. The maximum absolute atomic E-state index is 8.73. The molecule has 6 nitrogen and oxygen atoms in total. The van der Waals surface area contributed by atoms with E-state index >= 15 is 0 Å². The topological polar surface area (TPSA) is 88.4 Å². The zero-order chi connectivity index (χ0) is 10.6. The summed E-state index contributed by atoms with van der Waals surface area (Å²) in [6, 6.07) is 0.710. The van der Waals surface area contributed by atoms with Crippen molar-refractivity contribution in [3.8, 4) is 0 Å². The van der Waals surface area contributed by atoms with Crippen molar-refractivity contribution in [2.75, 3.05) is 23.8 Å². The van der Waals surface area contributed by atoms with Gasteiger partial charge in [0.1, 0.15) is 0 Å². The lowest BCUT2D eigenvalue weighted by Gasteiger charge is -2.23. The van der Waals surface area contributed by atoms with Crippen LogP contribution in [0.2, 0.25) is 0 Å². The number of hydrogen-bond acceptors (Lipinski definition) is 6. The fourth-order valence-electron chi connectivity index (χ4n) is 1.16. The van der Waals surface area contributed by atoms with Crippen LogP contribution >= 0.6 is 0 Å². The highest BCUT2D eigenvalue weighted by Gasteiger charge is 2.15. The van der Waals surface area contributed by atoms with Crippen LogP contribution in [0.5, 0.6) is 0 Å². The zero-order valence-electron chi connectivity index (χ0n) is 8.47. The molecular weight excluding hydrogens is 184 g/mol. The molecule has 0 atom stereocenters. The van der Waals surface area contributed by atoms with Gasteiger partial charge in [-0.2, -0.15) is 0 Å². The summed E-state index contributed by atoms with van der Waals surface area (Å²) >= 11 is 0. The lowest BCUT2D eigenvalue weighted by molar-refractivity contribution is 0.287. The van der Waals surface area contributed by atoms with E-state index in [1.54, 1.807) is 0 Å². The summed E-state index contributed by atoms with van der Waals surface area (Å²) in [5.74, 6) is 0. The first-order chi connectivity index (χ1) is 6.65. The number of hydrogen-bond donors (Lipinski definition) is 2. The number of nitrogen functional groups attached to an aromatic ring is 1. The molecule has 0 saturated carbocycles. The van der Waals surface area contributed by atoms with Crippen LogP contribution in [-0.4, -0.2) is 34.5 Å². The third kappa shape index (κ3) is 2.59. The molecule has 0 bridgehead atoms. The Morgan fingerprint density at radius 1 is 1.50 bits per heavy atom. The Morgan fingerprint density at radius 2 is 2.21 bits per heavy atom. The van der Waals surface area contributed by atoms with Crippen LogP contribution in [0.3, 0.4) is 0 Å². The quantitative estimate of drug-likeness (QED) is 0.708. The van der Waals surface area contributed by atoms with Crippen LogP contribution in [0, 0.1) is 0 Å². The standard InChI is InChI=1S/C8H16N4O2/c1-6(2)12(4-3-5-13)8-11-10-7(9)14-8/h6,13H,3-5H2,1-2H3,(H2,9,10). The van der Waals surface area contributed by atoms with Gasteiger partial charge in [0.15, 0.2) is 0 Å². The van der Waals surface area contributed by atoms with Crippen molar-refractivity contribution in [1.82, 2.24) is 10.2 Å². The summed E-state index contributed by atoms with van der Waals surface area (Å²) in [5, 5.41) is 16.1. The predicted octanol–water partition coefficient (Wildman–Crippen LogP) is 0.249. The first kappa shape index (κ1) is 10.8. The summed E-state index contributed by atoms with van der Waals surface area (Å²) in [6.07, 6.45) is 0.667. The molecule has 80 valence electrons. The van der Waals surface area contributed by atoms with Gasteiger partial charge in [-0.05, 0) is 20.3 Å². The molecule has 0 spiro atoms. The van der Waals surface area contributed by atoms with E-state index < -0.39 is 0 Å². The highest BCUT2D eigenvalue weighted by atomic mass is 16.4. The van der Waals surface area contributed by atoms with E-state index in [0.29, 0.717) is 19.0 Å². The lowest BCUT2D eigenvalue weighted by atomic mass is 10.3. The van der Waals surface area contributed by atoms with Crippen molar-refractivity contribution in [1.29, 1.82) is 0 Å². The van der Waals surface area contributed by atoms with Crippen molar-refractivity contribution in [3.05, 3.63) is 0 Å².